The van der Waals surface area contributed by atoms with E-state index in [2.05, 4.69) is 0 Å². The molecule has 0 atom stereocenters. The van der Waals surface area contributed by atoms with Crippen molar-refractivity contribution in [1.82, 2.24) is 0 Å². The standard InChI is InChI=1S/C18H13NO4/c20-18(16-10-3-4-11-17(16)19(21)22)23-12-14-8-5-7-13-6-1-2-9-15(13)14/h1-11H,12H2. The third kappa shape index (κ3) is 3.03. The number of nitrogens with zero attached hydrogens (tertiary/aromatic N) is 1. The van der Waals surface area contributed by atoms with Crippen LogP contribution in [-0.4, -0.2) is 10.9 Å². The van der Waals surface area contributed by atoms with Crippen molar-refractivity contribution in [2.75, 3.05) is 0 Å². The normalized spacial score (nSPS) is 10.4. The second-order valence-corrected chi connectivity index (χ2v) is 4.99. The Morgan fingerprint density at radius 3 is 2.48 bits per heavy atom. The van der Waals surface area contributed by atoms with Crippen LogP contribution >= 0.6 is 0 Å². The molecular formula is C18H13NO4. The van der Waals surface area contributed by atoms with Crippen LogP contribution in [0.5, 0.6) is 0 Å². The largest absolute Gasteiger partial charge is 0.457 e. The van der Waals surface area contributed by atoms with E-state index in [-0.39, 0.29) is 17.9 Å². The summed E-state index contributed by atoms with van der Waals surface area (Å²) in [7, 11) is 0. The Hall–Kier alpha value is -3.21. The summed E-state index contributed by atoms with van der Waals surface area (Å²) >= 11 is 0. The SMILES string of the molecule is O=C(OCc1cccc2ccccc12)c1ccccc1[N+](=O)[O-]. The minimum absolute atomic E-state index is 0.0438. The summed E-state index contributed by atoms with van der Waals surface area (Å²) in [6.45, 7) is 0.0617. The van der Waals surface area contributed by atoms with Crippen molar-refractivity contribution in [1.29, 1.82) is 0 Å². The minimum Gasteiger partial charge on any atom is -0.457 e. The van der Waals surface area contributed by atoms with Crippen molar-refractivity contribution in [2.24, 2.45) is 0 Å². The Labute approximate surface area is 132 Å². The number of para-hydroxylation sites is 1. The molecule has 114 valence electrons. The number of fused-ring (bicyclic) bond motifs is 1. The number of nitro groups is 1. The second kappa shape index (κ2) is 6.27. The quantitative estimate of drug-likeness (QED) is 0.413. The number of rotatable bonds is 4. The highest BCUT2D eigenvalue weighted by Crippen LogP contribution is 2.22. The smallest absolute Gasteiger partial charge is 0.345 e. The molecule has 0 aliphatic rings. The summed E-state index contributed by atoms with van der Waals surface area (Å²) in [6.07, 6.45) is 0. The molecule has 0 aromatic heterocycles. The van der Waals surface area contributed by atoms with Gasteiger partial charge in [0.1, 0.15) is 12.2 Å². The molecule has 0 unspecified atom stereocenters. The zero-order valence-electron chi connectivity index (χ0n) is 12.1. The first-order valence-electron chi connectivity index (χ1n) is 7.04. The zero-order valence-corrected chi connectivity index (χ0v) is 12.1. The maximum Gasteiger partial charge on any atom is 0.345 e. The lowest BCUT2D eigenvalue weighted by Gasteiger charge is -2.08. The van der Waals surface area contributed by atoms with Crippen LogP contribution in [0.2, 0.25) is 0 Å². The molecule has 0 radical (unpaired) electrons. The van der Waals surface area contributed by atoms with Crippen molar-refractivity contribution in [3.8, 4) is 0 Å². The molecule has 23 heavy (non-hydrogen) atoms. The molecule has 0 heterocycles. The summed E-state index contributed by atoms with van der Waals surface area (Å²) in [5.74, 6) is -0.703. The van der Waals surface area contributed by atoms with Gasteiger partial charge in [0.15, 0.2) is 0 Å². The van der Waals surface area contributed by atoms with Crippen molar-refractivity contribution < 1.29 is 14.5 Å². The van der Waals surface area contributed by atoms with Gasteiger partial charge in [0.05, 0.1) is 4.92 Å². The molecule has 3 rings (SSSR count). The zero-order chi connectivity index (χ0) is 16.2. The Balaban J connectivity index is 1.83. The summed E-state index contributed by atoms with van der Waals surface area (Å²) in [5.41, 5.74) is 0.559. The van der Waals surface area contributed by atoms with Crippen molar-refractivity contribution in [2.45, 2.75) is 6.61 Å². The molecule has 0 fully saturated rings. The van der Waals surface area contributed by atoms with Gasteiger partial charge in [-0.1, -0.05) is 54.6 Å². The van der Waals surface area contributed by atoms with Gasteiger partial charge in [0.25, 0.3) is 5.69 Å². The minimum atomic E-state index is -0.703. The number of carbonyl (C=O) groups excluding carboxylic acids is 1. The molecule has 0 aliphatic carbocycles. The highest BCUT2D eigenvalue weighted by Gasteiger charge is 2.20. The second-order valence-electron chi connectivity index (χ2n) is 4.99. The summed E-state index contributed by atoms with van der Waals surface area (Å²) in [5, 5.41) is 13.0. The lowest BCUT2D eigenvalue weighted by Crippen LogP contribution is -2.08. The highest BCUT2D eigenvalue weighted by atomic mass is 16.6. The predicted molar refractivity (Wildman–Crippen MR) is 86.2 cm³/mol. The van der Waals surface area contributed by atoms with Gasteiger partial charge in [-0.3, -0.25) is 10.1 Å². The topological polar surface area (TPSA) is 69.4 Å². The number of nitro benzene ring substituents is 1. The molecule has 0 aliphatic heterocycles. The third-order valence-electron chi connectivity index (χ3n) is 3.56. The summed E-state index contributed by atoms with van der Waals surface area (Å²) in [4.78, 5) is 22.5. The molecule has 0 spiro atoms. The van der Waals surface area contributed by atoms with E-state index in [4.69, 9.17) is 4.74 Å². The Morgan fingerprint density at radius 2 is 1.65 bits per heavy atom. The van der Waals surface area contributed by atoms with Crippen LogP contribution in [0.15, 0.2) is 66.7 Å². The Bertz CT molecular complexity index is 884. The van der Waals surface area contributed by atoms with Crippen molar-refractivity contribution >= 4 is 22.4 Å². The number of hydrogen-bond donors (Lipinski definition) is 0. The van der Waals surface area contributed by atoms with E-state index in [1.165, 1.54) is 18.2 Å². The fourth-order valence-electron chi connectivity index (χ4n) is 2.44. The first kappa shape index (κ1) is 14.7. The predicted octanol–water partition coefficient (Wildman–Crippen LogP) is 4.11. The van der Waals surface area contributed by atoms with E-state index in [1.807, 2.05) is 42.5 Å². The summed E-state index contributed by atoms with van der Waals surface area (Å²) in [6, 6.07) is 19.3. The molecule has 3 aromatic carbocycles. The fraction of sp³-hybridized carbons (Fsp3) is 0.0556. The fourth-order valence-corrected chi connectivity index (χ4v) is 2.44. The van der Waals surface area contributed by atoms with Gasteiger partial charge in [-0.25, -0.2) is 4.79 Å². The van der Waals surface area contributed by atoms with Crippen LogP contribution < -0.4 is 0 Å². The molecule has 0 saturated heterocycles. The van der Waals surface area contributed by atoms with E-state index < -0.39 is 10.9 Å². The third-order valence-corrected chi connectivity index (χ3v) is 3.56. The highest BCUT2D eigenvalue weighted by molar-refractivity contribution is 5.94. The summed E-state index contributed by atoms with van der Waals surface area (Å²) < 4.78 is 5.27. The van der Waals surface area contributed by atoms with Crippen LogP contribution in [-0.2, 0) is 11.3 Å². The molecule has 5 nitrogen and oxygen atoms in total. The Morgan fingerprint density at radius 1 is 0.957 bits per heavy atom. The van der Waals surface area contributed by atoms with E-state index in [0.717, 1.165) is 16.3 Å². The lowest BCUT2D eigenvalue weighted by molar-refractivity contribution is -0.385. The average Bonchev–Trinajstić information content (AvgIpc) is 2.59. The van der Waals surface area contributed by atoms with Crippen LogP contribution in [0.25, 0.3) is 10.8 Å². The van der Waals surface area contributed by atoms with Gasteiger partial charge < -0.3 is 4.74 Å². The van der Waals surface area contributed by atoms with Gasteiger partial charge >= 0.3 is 5.97 Å². The van der Waals surface area contributed by atoms with E-state index in [0.29, 0.717) is 0 Å². The van der Waals surface area contributed by atoms with Crippen LogP contribution in [0.3, 0.4) is 0 Å². The van der Waals surface area contributed by atoms with E-state index >= 15 is 0 Å². The van der Waals surface area contributed by atoms with Crippen LogP contribution in [0.1, 0.15) is 15.9 Å². The number of ether oxygens (including phenoxy) is 1. The van der Waals surface area contributed by atoms with Crippen molar-refractivity contribution in [3.63, 3.8) is 0 Å². The van der Waals surface area contributed by atoms with Gasteiger partial charge in [-0.2, -0.15) is 0 Å². The van der Waals surface area contributed by atoms with Gasteiger partial charge in [0, 0.05) is 6.07 Å². The van der Waals surface area contributed by atoms with Crippen LogP contribution in [0, 0.1) is 10.1 Å². The maximum absolute atomic E-state index is 12.2. The molecule has 0 amide bonds. The molecule has 0 bridgehead atoms. The number of esters is 1. The van der Waals surface area contributed by atoms with Crippen molar-refractivity contribution in [3.05, 3.63) is 88.0 Å². The molecule has 3 aromatic rings. The monoisotopic (exact) mass is 307 g/mol. The van der Waals surface area contributed by atoms with E-state index in [9.17, 15) is 14.9 Å². The number of carbonyl (C=O) groups is 1. The lowest BCUT2D eigenvalue weighted by atomic mass is 10.1. The molecule has 0 saturated carbocycles. The van der Waals surface area contributed by atoms with Gasteiger partial charge in [0.2, 0.25) is 0 Å². The van der Waals surface area contributed by atoms with E-state index in [1.54, 1.807) is 6.07 Å². The Kier molecular flexibility index (Phi) is 4.01. The number of benzene rings is 3. The first-order chi connectivity index (χ1) is 11.2. The average molecular weight is 307 g/mol. The molecule has 0 N–H and O–H groups in total. The van der Waals surface area contributed by atoms with Gasteiger partial charge in [-0.15, -0.1) is 0 Å². The first-order valence-corrected chi connectivity index (χ1v) is 7.04. The number of hydrogen-bond acceptors (Lipinski definition) is 4. The maximum atomic E-state index is 12.2. The van der Waals surface area contributed by atoms with Gasteiger partial charge in [-0.05, 0) is 22.4 Å². The molecular weight excluding hydrogens is 294 g/mol. The van der Waals surface area contributed by atoms with Crippen LogP contribution in [0.4, 0.5) is 5.69 Å². The molecule has 5 heteroatoms.